The highest BCUT2D eigenvalue weighted by molar-refractivity contribution is 6.22. The minimum absolute atomic E-state index is 0.0350. The van der Waals surface area contributed by atoms with E-state index in [1.807, 2.05) is 0 Å². The Labute approximate surface area is 163 Å². The molecular weight excluding hydrogens is 393 g/mol. The number of nitrogens with two attached hydrogens (primary N) is 1. The molecule has 11 heteroatoms. The number of imide groups is 1. The van der Waals surface area contributed by atoms with Gasteiger partial charge < -0.3 is 20.5 Å². The van der Waals surface area contributed by atoms with E-state index in [1.54, 1.807) is 6.92 Å². The summed E-state index contributed by atoms with van der Waals surface area (Å²) in [6.07, 6.45) is -4.42. The van der Waals surface area contributed by atoms with Gasteiger partial charge in [0.2, 0.25) is 5.88 Å². The molecule has 2 aromatic rings. The molecule has 0 radical (unpaired) electrons. The minimum atomic E-state index is -4.84. The molecule has 0 saturated carbocycles. The van der Waals surface area contributed by atoms with E-state index in [-0.39, 0.29) is 28.7 Å². The topological polar surface area (TPSA) is 107 Å². The van der Waals surface area contributed by atoms with E-state index in [1.165, 1.54) is 31.2 Å². The third-order valence-corrected chi connectivity index (χ3v) is 4.15. The fourth-order valence-electron chi connectivity index (χ4n) is 2.73. The van der Waals surface area contributed by atoms with Crippen LogP contribution >= 0.6 is 0 Å². The number of pyridine rings is 1. The maximum atomic E-state index is 12.5. The molecule has 29 heavy (non-hydrogen) atoms. The highest BCUT2D eigenvalue weighted by Crippen LogP contribution is 2.33. The first kappa shape index (κ1) is 20.2. The average Bonchev–Trinajstić information content (AvgIpc) is 2.91. The van der Waals surface area contributed by atoms with Crippen molar-refractivity contribution >= 4 is 23.4 Å². The van der Waals surface area contributed by atoms with Crippen molar-refractivity contribution in [3.05, 3.63) is 35.9 Å². The monoisotopic (exact) mass is 410 g/mol. The van der Waals surface area contributed by atoms with Crippen LogP contribution in [0.2, 0.25) is 0 Å². The van der Waals surface area contributed by atoms with Gasteiger partial charge in [0.15, 0.2) is 5.82 Å². The minimum Gasteiger partial charge on any atom is -0.439 e. The lowest BCUT2D eigenvalue weighted by Gasteiger charge is -2.16. The second-order valence-electron chi connectivity index (χ2n) is 6.21. The second-order valence-corrected chi connectivity index (χ2v) is 6.21. The number of halogens is 3. The van der Waals surface area contributed by atoms with Gasteiger partial charge in [0.25, 0.3) is 5.91 Å². The Kier molecular flexibility index (Phi) is 5.23. The number of nitrogens with one attached hydrogen (secondary N) is 1. The Balaban J connectivity index is 1.82. The van der Waals surface area contributed by atoms with Crippen LogP contribution in [0.5, 0.6) is 17.4 Å². The van der Waals surface area contributed by atoms with Crippen molar-refractivity contribution in [1.29, 1.82) is 0 Å². The summed E-state index contributed by atoms with van der Waals surface area (Å²) in [5, 5.41) is 2.53. The smallest absolute Gasteiger partial charge is 0.439 e. The zero-order chi connectivity index (χ0) is 21.3. The number of hydrogen-bond acceptors (Lipinski definition) is 6. The summed E-state index contributed by atoms with van der Waals surface area (Å²) in [7, 11) is 0. The van der Waals surface area contributed by atoms with Gasteiger partial charge in [-0.25, -0.2) is 9.69 Å². The molecule has 0 bridgehead atoms. The fraction of sp³-hybridized carbons (Fsp3) is 0.278. The van der Waals surface area contributed by atoms with E-state index in [0.717, 1.165) is 11.0 Å². The number of nitrogens with zero attached hydrogens (tertiary/aromatic N) is 2. The Bertz CT molecular complexity index is 965. The fourth-order valence-corrected chi connectivity index (χ4v) is 2.73. The molecule has 0 aliphatic carbocycles. The van der Waals surface area contributed by atoms with Crippen molar-refractivity contribution in [2.24, 2.45) is 0 Å². The Morgan fingerprint density at radius 1 is 1.24 bits per heavy atom. The number of carbonyl (C=O) groups excluding carboxylic acids is 2. The molecule has 1 fully saturated rings. The van der Waals surface area contributed by atoms with Crippen LogP contribution in [-0.2, 0) is 4.79 Å². The number of hydrogen-bond donors (Lipinski definition) is 2. The van der Waals surface area contributed by atoms with Crippen LogP contribution in [0.15, 0.2) is 30.3 Å². The zero-order valence-electron chi connectivity index (χ0n) is 15.4. The van der Waals surface area contributed by atoms with Crippen molar-refractivity contribution in [2.45, 2.75) is 32.7 Å². The summed E-state index contributed by atoms with van der Waals surface area (Å²) in [4.78, 5) is 29.2. The number of ether oxygens (including phenoxy) is 2. The number of aryl methyl sites for hydroxylation is 1. The molecule has 1 aromatic carbocycles. The van der Waals surface area contributed by atoms with Gasteiger partial charge in [-0.2, -0.15) is 4.98 Å². The van der Waals surface area contributed by atoms with Crippen molar-refractivity contribution < 1.29 is 32.2 Å². The SMILES string of the molecule is CC[C@H]1NC(=O)N(c2ccc(Oc3ccc(C)c(OC(F)(F)F)c3)nc2N)C1=O. The van der Waals surface area contributed by atoms with Gasteiger partial charge in [0, 0.05) is 12.1 Å². The third-order valence-electron chi connectivity index (χ3n) is 4.15. The van der Waals surface area contributed by atoms with Crippen LogP contribution in [-0.4, -0.2) is 29.3 Å². The number of alkyl halides is 3. The predicted octanol–water partition coefficient (Wildman–Crippen LogP) is 3.50. The Hall–Kier alpha value is -3.50. The quantitative estimate of drug-likeness (QED) is 0.731. The summed E-state index contributed by atoms with van der Waals surface area (Å²) >= 11 is 0. The molecule has 3 amide bonds. The van der Waals surface area contributed by atoms with E-state index in [0.29, 0.717) is 6.42 Å². The maximum absolute atomic E-state index is 12.5. The molecule has 1 aromatic heterocycles. The summed E-state index contributed by atoms with van der Waals surface area (Å²) in [5.41, 5.74) is 6.21. The lowest BCUT2D eigenvalue weighted by molar-refractivity contribution is -0.274. The van der Waals surface area contributed by atoms with Crippen LogP contribution < -0.4 is 25.4 Å². The molecule has 1 saturated heterocycles. The van der Waals surface area contributed by atoms with Gasteiger partial charge >= 0.3 is 12.4 Å². The van der Waals surface area contributed by atoms with Crippen LogP contribution in [0.1, 0.15) is 18.9 Å². The van der Waals surface area contributed by atoms with E-state index < -0.39 is 30.1 Å². The molecule has 3 rings (SSSR count). The van der Waals surface area contributed by atoms with E-state index in [2.05, 4.69) is 15.0 Å². The summed E-state index contributed by atoms with van der Waals surface area (Å²) in [6, 6.07) is 5.36. The van der Waals surface area contributed by atoms with Gasteiger partial charge in [-0.3, -0.25) is 4.79 Å². The molecule has 8 nitrogen and oxygen atoms in total. The predicted molar refractivity (Wildman–Crippen MR) is 96.7 cm³/mol. The first-order valence-electron chi connectivity index (χ1n) is 8.54. The number of urea groups is 1. The maximum Gasteiger partial charge on any atom is 0.573 e. The first-order valence-corrected chi connectivity index (χ1v) is 8.54. The van der Waals surface area contributed by atoms with Crippen molar-refractivity contribution in [3.8, 4) is 17.4 Å². The highest BCUT2D eigenvalue weighted by Gasteiger charge is 2.39. The van der Waals surface area contributed by atoms with Crippen LogP contribution in [0.4, 0.5) is 29.5 Å². The van der Waals surface area contributed by atoms with Crippen LogP contribution in [0, 0.1) is 6.92 Å². The van der Waals surface area contributed by atoms with Crippen LogP contribution in [0.3, 0.4) is 0 Å². The summed E-state index contributed by atoms with van der Waals surface area (Å²) in [5.74, 6) is -1.01. The third kappa shape index (κ3) is 4.33. The molecule has 3 N–H and O–H groups in total. The molecule has 154 valence electrons. The molecular formula is C18H17F3N4O4. The van der Waals surface area contributed by atoms with E-state index >= 15 is 0 Å². The summed E-state index contributed by atoms with van der Waals surface area (Å²) < 4.78 is 46.8. The number of anilines is 2. The molecule has 1 aliphatic heterocycles. The highest BCUT2D eigenvalue weighted by atomic mass is 19.4. The molecule has 2 heterocycles. The number of rotatable bonds is 5. The molecule has 0 spiro atoms. The average molecular weight is 410 g/mol. The number of benzene rings is 1. The molecule has 0 unspecified atom stereocenters. The van der Waals surface area contributed by atoms with Gasteiger partial charge in [0.05, 0.1) is 5.69 Å². The van der Waals surface area contributed by atoms with Gasteiger partial charge in [-0.1, -0.05) is 13.0 Å². The summed E-state index contributed by atoms with van der Waals surface area (Å²) in [6.45, 7) is 3.21. The molecule has 1 atom stereocenters. The van der Waals surface area contributed by atoms with Gasteiger partial charge in [-0.15, -0.1) is 13.2 Å². The number of carbonyl (C=O) groups is 2. The molecule has 1 aliphatic rings. The normalized spacial score (nSPS) is 16.7. The van der Waals surface area contributed by atoms with Crippen LogP contribution in [0.25, 0.3) is 0 Å². The lowest BCUT2D eigenvalue weighted by atomic mass is 10.2. The Morgan fingerprint density at radius 3 is 2.55 bits per heavy atom. The van der Waals surface area contributed by atoms with E-state index in [4.69, 9.17) is 10.5 Å². The second kappa shape index (κ2) is 7.49. The van der Waals surface area contributed by atoms with Gasteiger partial charge in [-0.05, 0) is 31.0 Å². The van der Waals surface area contributed by atoms with Crippen molar-refractivity contribution in [2.75, 3.05) is 10.6 Å². The Morgan fingerprint density at radius 2 is 1.97 bits per heavy atom. The first-order chi connectivity index (χ1) is 13.6. The van der Waals surface area contributed by atoms with Crippen molar-refractivity contribution in [3.63, 3.8) is 0 Å². The lowest BCUT2D eigenvalue weighted by Crippen LogP contribution is -2.32. The largest absolute Gasteiger partial charge is 0.573 e. The number of aromatic nitrogens is 1. The zero-order valence-corrected chi connectivity index (χ0v) is 15.4. The van der Waals surface area contributed by atoms with Gasteiger partial charge in [0.1, 0.15) is 17.5 Å². The number of amides is 3. The standard InChI is InChI=1S/C18H17F3N4O4/c1-3-11-16(26)25(17(27)23-11)12-6-7-14(24-15(12)22)28-10-5-4-9(2)13(8-10)29-18(19,20)21/h4-8,11H,3H2,1-2H3,(H2,22,24)(H,23,27)/t11-/m1/s1. The van der Waals surface area contributed by atoms with Crippen molar-refractivity contribution in [1.82, 2.24) is 10.3 Å². The van der Waals surface area contributed by atoms with E-state index in [9.17, 15) is 22.8 Å². The number of nitrogen functional groups attached to an aromatic ring is 1.